The van der Waals surface area contributed by atoms with Crippen LogP contribution in [0.3, 0.4) is 0 Å². The average molecular weight is 707 g/mol. The van der Waals surface area contributed by atoms with Crippen LogP contribution in [-0.2, 0) is 58.3 Å². The van der Waals surface area contributed by atoms with Gasteiger partial charge < -0.3 is 20.5 Å². The number of esters is 1. The highest BCUT2D eigenvalue weighted by atomic mass is 19.1. The maximum absolute atomic E-state index is 14.7. The lowest BCUT2D eigenvalue weighted by Gasteiger charge is -2.15. The Balaban J connectivity index is 0.000000202. The fourth-order valence-electron chi connectivity index (χ4n) is 6.30. The molecule has 2 aliphatic heterocycles. The number of nitrogens with one attached hydrogen (secondary N) is 2. The third kappa shape index (κ3) is 9.18. The Morgan fingerprint density at radius 3 is 1.92 bits per heavy atom. The molecule has 4 aromatic rings. The molecule has 0 saturated heterocycles. The van der Waals surface area contributed by atoms with Crippen LogP contribution in [0.15, 0.2) is 76.7 Å². The van der Waals surface area contributed by atoms with Crippen LogP contribution in [0, 0.1) is 5.82 Å². The van der Waals surface area contributed by atoms with Gasteiger partial charge in [-0.05, 0) is 50.5 Å². The Hall–Kier alpha value is -5.62. The number of aliphatic imine (C=N–C) groups is 2. The van der Waals surface area contributed by atoms with E-state index in [1.807, 2.05) is 87.5 Å². The first-order chi connectivity index (χ1) is 24.9. The van der Waals surface area contributed by atoms with Crippen LogP contribution in [0.1, 0.15) is 103 Å². The molecule has 0 saturated carbocycles. The number of ether oxygens (including phenoxy) is 1. The molecule has 12 heteroatoms. The van der Waals surface area contributed by atoms with Crippen molar-refractivity contribution in [1.82, 2.24) is 20.6 Å². The number of halogens is 1. The standard InChI is InChI=1S/C21H23N3O3.C19H20FN3O2/c1-13(16-7-5-4-6-8-16)23-20(26)10-18-9-17-11-22-14(2)21(17)19(24-18)12-27-15(3)25;1-11(13-6-4-3-5-7-13)22-17(25)8-15-19(20)14-9-21-12(2)18(14)16(10-24)23-15/h4-9,13H,10-12H2,1-3H3,(H,23,26);3-7,11,24H,8-10H2,1-2H3,(H,22,25)/t13-;11-/m11/s1. The van der Waals surface area contributed by atoms with Crippen molar-refractivity contribution in [1.29, 1.82) is 0 Å². The summed E-state index contributed by atoms with van der Waals surface area (Å²) in [5.41, 5.74) is 8.22. The Morgan fingerprint density at radius 1 is 0.788 bits per heavy atom. The molecule has 6 rings (SSSR count). The third-order valence-corrected chi connectivity index (χ3v) is 8.88. The molecule has 0 fully saturated rings. The number of hydrogen-bond donors (Lipinski definition) is 3. The van der Waals surface area contributed by atoms with E-state index >= 15 is 0 Å². The van der Waals surface area contributed by atoms with Crippen molar-refractivity contribution in [2.75, 3.05) is 0 Å². The van der Waals surface area contributed by atoms with Crippen molar-refractivity contribution in [3.8, 4) is 0 Å². The quantitative estimate of drug-likeness (QED) is 0.178. The maximum atomic E-state index is 14.7. The van der Waals surface area contributed by atoms with Gasteiger partial charge in [0.15, 0.2) is 5.82 Å². The molecule has 2 atom stereocenters. The normalized spacial score (nSPS) is 13.8. The van der Waals surface area contributed by atoms with Gasteiger partial charge in [-0.25, -0.2) is 4.39 Å². The molecule has 11 nitrogen and oxygen atoms in total. The SMILES string of the molecule is CC(=O)OCc1nc(CC(=O)N[C@H](C)c2ccccc2)cc2c1C(C)=NC2.CC1=NCc2c(F)c(CC(=O)N[C@H](C)c3ccccc3)nc(CO)c21. The summed E-state index contributed by atoms with van der Waals surface area (Å²) < 4.78 is 19.8. The lowest BCUT2D eigenvalue weighted by Crippen LogP contribution is -2.29. The highest BCUT2D eigenvalue weighted by Crippen LogP contribution is 2.27. The molecular weight excluding hydrogens is 663 g/mol. The predicted octanol–water partition coefficient (Wildman–Crippen LogP) is 5.34. The number of nitrogens with zero attached hydrogens (tertiary/aromatic N) is 4. The first-order valence-corrected chi connectivity index (χ1v) is 17.1. The second kappa shape index (κ2) is 17.1. The minimum Gasteiger partial charge on any atom is -0.459 e. The highest BCUT2D eigenvalue weighted by molar-refractivity contribution is 6.03. The molecular formula is C40H43FN6O5. The lowest BCUT2D eigenvalue weighted by molar-refractivity contribution is -0.142. The molecule has 3 N–H and O–H groups in total. The summed E-state index contributed by atoms with van der Waals surface area (Å²) in [6.45, 7) is 9.42. The van der Waals surface area contributed by atoms with E-state index in [1.165, 1.54) is 6.92 Å². The van der Waals surface area contributed by atoms with Crippen LogP contribution >= 0.6 is 0 Å². The fourth-order valence-corrected chi connectivity index (χ4v) is 6.30. The molecule has 2 amide bonds. The topological polar surface area (TPSA) is 155 Å². The number of aromatic nitrogens is 2. The number of fused-ring (bicyclic) bond motifs is 2. The summed E-state index contributed by atoms with van der Waals surface area (Å²) in [6.07, 6.45) is -0.0150. The molecule has 0 aliphatic carbocycles. The summed E-state index contributed by atoms with van der Waals surface area (Å²) in [4.78, 5) is 53.3. The van der Waals surface area contributed by atoms with Gasteiger partial charge in [-0.3, -0.25) is 34.3 Å². The van der Waals surface area contributed by atoms with Crippen LogP contribution in [0.2, 0.25) is 0 Å². The van der Waals surface area contributed by atoms with E-state index in [9.17, 15) is 23.9 Å². The highest BCUT2D eigenvalue weighted by Gasteiger charge is 2.26. The number of hydrogen-bond acceptors (Lipinski definition) is 9. The van der Waals surface area contributed by atoms with Gasteiger partial charge in [-0.2, -0.15) is 0 Å². The molecule has 2 aromatic heterocycles. The molecule has 52 heavy (non-hydrogen) atoms. The van der Waals surface area contributed by atoms with Crippen molar-refractivity contribution in [3.63, 3.8) is 0 Å². The van der Waals surface area contributed by atoms with E-state index in [0.717, 1.165) is 28.0 Å². The van der Waals surface area contributed by atoms with Crippen LogP contribution < -0.4 is 10.6 Å². The van der Waals surface area contributed by atoms with Gasteiger partial charge in [0.2, 0.25) is 11.8 Å². The van der Waals surface area contributed by atoms with Gasteiger partial charge >= 0.3 is 5.97 Å². The van der Waals surface area contributed by atoms with Gasteiger partial charge in [-0.15, -0.1) is 0 Å². The first-order valence-electron chi connectivity index (χ1n) is 17.1. The zero-order valence-electron chi connectivity index (χ0n) is 30.0. The summed E-state index contributed by atoms with van der Waals surface area (Å²) >= 11 is 0. The van der Waals surface area contributed by atoms with Crippen molar-refractivity contribution in [2.45, 2.75) is 85.8 Å². The molecule has 2 aromatic carbocycles. The molecule has 0 spiro atoms. The number of rotatable bonds is 11. The summed E-state index contributed by atoms with van der Waals surface area (Å²) in [5, 5.41) is 15.4. The van der Waals surface area contributed by atoms with Crippen molar-refractivity contribution in [3.05, 3.63) is 129 Å². The number of amides is 2. The number of carbonyl (C=O) groups excluding carboxylic acids is 3. The van der Waals surface area contributed by atoms with Crippen LogP contribution in [0.4, 0.5) is 4.39 Å². The van der Waals surface area contributed by atoms with Gasteiger partial charge in [0, 0.05) is 35.0 Å². The number of benzene rings is 2. The van der Waals surface area contributed by atoms with Gasteiger partial charge in [0.25, 0.3) is 0 Å². The van der Waals surface area contributed by atoms with Gasteiger partial charge in [0.1, 0.15) is 6.61 Å². The molecule has 0 bridgehead atoms. The summed E-state index contributed by atoms with van der Waals surface area (Å²) in [7, 11) is 0. The van der Waals surface area contributed by atoms with Crippen molar-refractivity contribution < 1.29 is 28.6 Å². The van der Waals surface area contributed by atoms with E-state index in [2.05, 4.69) is 30.6 Å². The van der Waals surface area contributed by atoms with E-state index < -0.39 is 5.82 Å². The van der Waals surface area contributed by atoms with Gasteiger partial charge in [-0.1, -0.05) is 60.7 Å². The molecule has 2 aliphatic rings. The molecule has 0 radical (unpaired) electrons. The Labute approximate surface area is 302 Å². The Morgan fingerprint density at radius 2 is 1.35 bits per heavy atom. The maximum Gasteiger partial charge on any atom is 0.303 e. The molecule has 4 heterocycles. The summed E-state index contributed by atoms with van der Waals surface area (Å²) in [5.74, 6) is -1.29. The zero-order valence-corrected chi connectivity index (χ0v) is 30.0. The van der Waals surface area contributed by atoms with Crippen molar-refractivity contribution >= 4 is 29.2 Å². The van der Waals surface area contributed by atoms with Crippen molar-refractivity contribution in [2.24, 2.45) is 9.98 Å². The van der Waals surface area contributed by atoms with Crippen LogP contribution in [0.5, 0.6) is 0 Å². The van der Waals surface area contributed by atoms with E-state index in [-0.39, 0.29) is 68.2 Å². The molecule has 270 valence electrons. The predicted molar refractivity (Wildman–Crippen MR) is 195 cm³/mol. The molecule has 0 unspecified atom stereocenters. The Bertz CT molecular complexity index is 2020. The number of carbonyl (C=O) groups is 3. The fraction of sp³-hybridized carbons (Fsp3) is 0.325. The second-order valence-electron chi connectivity index (χ2n) is 12.8. The Kier molecular flexibility index (Phi) is 12.3. The average Bonchev–Trinajstić information content (AvgIpc) is 3.71. The number of aliphatic hydroxyl groups is 1. The first kappa shape index (κ1) is 37.6. The van der Waals surface area contributed by atoms with Gasteiger partial charge in [0.05, 0.1) is 67.4 Å². The third-order valence-electron chi connectivity index (χ3n) is 8.88. The van der Waals surface area contributed by atoms with E-state index in [4.69, 9.17) is 4.74 Å². The largest absolute Gasteiger partial charge is 0.459 e. The van der Waals surface area contributed by atoms with E-state index in [0.29, 0.717) is 40.5 Å². The van der Waals surface area contributed by atoms with Crippen LogP contribution in [0.25, 0.3) is 0 Å². The smallest absolute Gasteiger partial charge is 0.303 e. The monoisotopic (exact) mass is 706 g/mol. The minimum absolute atomic E-state index is 0.0467. The zero-order chi connectivity index (χ0) is 37.4. The minimum atomic E-state index is -0.504. The van der Waals surface area contributed by atoms with E-state index in [1.54, 1.807) is 6.92 Å². The lowest BCUT2D eigenvalue weighted by atomic mass is 10.0. The number of pyridine rings is 2. The second-order valence-corrected chi connectivity index (χ2v) is 12.8. The summed E-state index contributed by atoms with van der Waals surface area (Å²) in [6, 6.07) is 21.0. The number of aliphatic hydroxyl groups excluding tert-OH is 1. The van der Waals surface area contributed by atoms with Crippen LogP contribution in [-0.4, -0.2) is 44.3 Å².